The van der Waals surface area contributed by atoms with Gasteiger partial charge in [-0.15, -0.1) is 0 Å². The highest BCUT2D eigenvalue weighted by molar-refractivity contribution is 6.03. The summed E-state index contributed by atoms with van der Waals surface area (Å²) in [6.07, 6.45) is 3.34. The lowest BCUT2D eigenvalue weighted by atomic mass is 10.1. The number of amides is 1. The van der Waals surface area contributed by atoms with Crippen LogP contribution >= 0.6 is 0 Å². The first-order chi connectivity index (χ1) is 14.5. The summed E-state index contributed by atoms with van der Waals surface area (Å²) in [7, 11) is 1.41. The fourth-order valence-corrected chi connectivity index (χ4v) is 3.45. The van der Waals surface area contributed by atoms with E-state index in [1.54, 1.807) is 6.07 Å². The van der Waals surface area contributed by atoms with Crippen LogP contribution in [0.1, 0.15) is 33.9 Å². The number of nitrogens with one attached hydrogen (secondary N) is 1. The fraction of sp³-hybridized carbons (Fsp3) is 0.227. The molecule has 0 bridgehead atoms. The molecule has 1 heterocycles. The number of rotatable bonds is 7. The smallest absolute Gasteiger partial charge is 0.296 e. The zero-order chi connectivity index (χ0) is 21.1. The average molecular weight is 408 g/mol. The standard InChI is InChI=1S/C22H20N2O6/c1-28-16-7-9-19(20(12-16)24(26)27)23-22(25)21-10-8-18(30-21)13-29-17-6-5-14-3-2-4-15(14)11-17/h5-12H,2-4,13H2,1H3,(H,23,25). The molecular weight excluding hydrogens is 388 g/mol. The van der Waals surface area contributed by atoms with E-state index in [1.165, 1.54) is 48.9 Å². The second kappa shape index (κ2) is 8.28. The van der Waals surface area contributed by atoms with E-state index >= 15 is 0 Å². The molecule has 0 fully saturated rings. The predicted octanol–water partition coefficient (Wildman–Crippen LogP) is 4.52. The van der Waals surface area contributed by atoms with Crippen LogP contribution < -0.4 is 14.8 Å². The van der Waals surface area contributed by atoms with E-state index in [1.807, 2.05) is 12.1 Å². The maximum Gasteiger partial charge on any atom is 0.296 e. The topological polar surface area (TPSA) is 104 Å². The van der Waals surface area contributed by atoms with Crippen molar-refractivity contribution in [1.82, 2.24) is 0 Å². The van der Waals surface area contributed by atoms with Crippen LogP contribution in [-0.4, -0.2) is 17.9 Å². The third kappa shape index (κ3) is 4.12. The van der Waals surface area contributed by atoms with Crippen molar-refractivity contribution in [3.05, 3.63) is 81.3 Å². The molecular formula is C22H20N2O6. The molecule has 154 valence electrons. The summed E-state index contributed by atoms with van der Waals surface area (Å²) in [4.78, 5) is 23.1. The van der Waals surface area contributed by atoms with E-state index in [0.717, 1.165) is 18.6 Å². The normalized spacial score (nSPS) is 12.3. The summed E-state index contributed by atoms with van der Waals surface area (Å²) in [5.41, 5.74) is 2.47. The van der Waals surface area contributed by atoms with Crippen LogP contribution in [0.15, 0.2) is 52.9 Å². The maximum absolute atomic E-state index is 12.5. The molecule has 0 aliphatic heterocycles. The second-order valence-corrected chi connectivity index (χ2v) is 6.93. The Labute approximate surface area is 172 Å². The number of nitro benzene ring substituents is 1. The molecule has 1 aliphatic rings. The van der Waals surface area contributed by atoms with Crippen LogP contribution in [0.3, 0.4) is 0 Å². The number of carbonyl (C=O) groups is 1. The molecule has 0 saturated heterocycles. The highest BCUT2D eigenvalue weighted by Crippen LogP contribution is 2.30. The van der Waals surface area contributed by atoms with Crippen molar-refractivity contribution in [3.8, 4) is 11.5 Å². The number of ether oxygens (including phenoxy) is 2. The van der Waals surface area contributed by atoms with Crippen LogP contribution in [0.4, 0.5) is 11.4 Å². The Morgan fingerprint density at radius 2 is 1.90 bits per heavy atom. The van der Waals surface area contributed by atoms with Gasteiger partial charge in [0, 0.05) is 0 Å². The van der Waals surface area contributed by atoms with Crippen molar-refractivity contribution >= 4 is 17.3 Å². The van der Waals surface area contributed by atoms with E-state index in [0.29, 0.717) is 11.5 Å². The minimum atomic E-state index is -0.591. The molecule has 1 aliphatic carbocycles. The molecule has 0 radical (unpaired) electrons. The summed E-state index contributed by atoms with van der Waals surface area (Å²) >= 11 is 0. The summed E-state index contributed by atoms with van der Waals surface area (Å²) in [5, 5.41) is 13.8. The van der Waals surface area contributed by atoms with Gasteiger partial charge in [0.25, 0.3) is 11.6 Å². The summed E-state index contributed by atoms with van der Waals surface area (Å²) < 4.78 is 16.3. The number of fused-ring (bicyclic) bond motifs is 1. The number of hydrogen-bond donors (Lipinski definition) is 1. The third-order valence-electron chi connectivity index (χ3n) is 4.99. The zero-order valence-corrected chi connectivity index (χ0v) is 16.3. The Morgan fingerprint density at radius 3 is 2.70 bits per heavy atom. The van der Waals surface area contributed by atoms with Gasteiger partial charge in [-0.05, 0) is 66.8 Å². The number of aryl methyl sites for hydroxylation is 2. The molecule has 8 heteroatoms. The van der Waals surface area contributed by atoms with Gasteiger partial charge in [-0.2, -0.15) is 0 Å². The zero-order valence-electron chi connectivity index (χ0n) is 16.3. The van der Waals surface area contributed by atoms with Crippen molar-refractivity contribution in [3.63, 3.8) is 0 Å². The van der Waals surface area contributed by atoms with Crippen LogP contribution in [0.2, 0.25) is 0 Å². The van der Waals surface area contributed by atoms with Gasteiger partial charge in [0.1, 0.15) is 29.6 Å². The number of carbonyl (C=O) groups excluding carboxylic acids is 1. The number of hydrogen-bond acceptors (Lipinski definition) is 6. The van der Waals surface area contributed by atoms with E-state index in [-0.39, 0.29) is 23.7 Å². The fourth-order valence-electron chi connectivity index (χ4n) is 3.45. The van der Waals surface area contributed by atoms with Crippen LogP contribution in [0.25, 0.3) is 0 Å². The van der Waals surface area contributed by atoms with Gasteiger partial charge < -0.3 is 19.2 Å². The van der Waals surface area contributed by atoms with Crippen molar-refractivity contribution in [2.75, 3.05) is 12.4 Å². The lowest BCUT2D eigenvalue weighted by molar-refractivity contribution is -0.384. The minimum absolute atomic E-state index is 0.0349. The van der Waals surface area contributed by atoms with E-state index in [9.17, 15) is 14.9 Å². The van der Waals surface area contributed by atoms with Crippen molar-refractivity contribution in [1.29, 1.82) is 0 Å². The first-order valence-electron chi connectivity index (χ1n) is 9.50. The van der Waals surface area contributed by atoms with Crippen molar-refractivity contribution in [2.24, 2.45) is 0 Å². The highest BCUT2D eigenvalue weighted by Gasteiger charge is 2.20. The molecule has 0 spiro atoms. The van der Waals surface area contributed by atoms with Gasteiger partial charge >= 0.3 is 0 Å². The average Bonchev–Trinajstić information content (AvgIpc) is 3.41. The quantitative estimate of drug-likeness (QED) is 0.455. The van der Waals surface area contributed by atoms with Crippen LogP contribution in [0, 0.1) is 10.1 Å². The first-order valence-corrected chi connectivity index (χ1v) is 9.50. The van der Waals surface area contributed by atoms with E-state index < -0.39 is 10.8 Å². The minimum Gasteiger partial charge on any atom is -0.496 e. The lowest BCUT2D eigenvalue weighted by Crippen LogP contribution is -2.12. The van der Waals surface area contributed by atoms with Crippen LogP contribution in [0.5, 0.6) is 11.5 Å². The largest absolute Gasteiger partial charge is 0.496 e. The molecule has 1 amide bonds. The number of furan rings is 1. The van der Waals surface area contributed by atoms with Crippen molar-refractivity contribution < 1.29 is 23.6 Å². The first kappa shape index (κ1) is 19.5. The Bertz CT molecular complexity index is 1100. The van der Waals surface area contributed by atoms with E-state index in [4.69, 9.17) is 13.9 Å². The molecule has 0 atom stereocenters. The van der Waals surface area contributed by atoms with Crippen molar-refractivity contribution in [2.45, 2.75) is 25.9 Å². The summed E-state index contributed by atoms with van der Waals surface area (Å²) in [6, 6.07) is 13.4. The molecule has 0 unspecified atom stereocenters. The van der Waals surface area contributed by atoms with Gasteiger partial charge in [0.05, 0.1) is 18.1 Å². The van der Waals surface area contributed by atoms with Gasteiger partial charge in [-0.1, -0.05) is 6.07 Å². The molecule has 2 aromatic carbocycles. The lowest BCUT2D eigenvalue weighted by Gasteiger charge is -2.07. The van der Waals surface area contributed by atoms with Crippen LogP contribution in [-0.2, 0) is 19.4 Å². The summed E-state index contributed by atoms with van der Waals surface area (Å²) in [5.74, 6) is 1.00. The van der Waals surface area contributed by atoms with E-state index in [2.05, 4.69) is 11.4 Å². The number of nitrogens with zero attached hydrogens (tertiary/aromatic N) is 1. The molecule has 1 N–H and O–H groups in total. The second-order valence-electron chi connectivity index (χ2n) is 6.93. The Morgan fingerprint density at radius 1 is 1.10 bits per heavy atom. The molecule has 8 nitrogen and oxygen atoms in total. The van der Waals surface area contributed by atoms with Gasteiger partial charge in [-0.25, -0.2) is 0 Å². The van der Waals surface area contributed by atoms with Gasteiger partial charge in [0.15, 0.2) is 5.76 Å². The number of nitro groups is 1. The highest BCUT2D eigenvalue weighted by atomic mass is 16.6. The predicted molar refractivity (Wildman–Crippen MR) is 109 cm³/mol. The van der Waals surface area contributed by atoms with Gasteiger partial charge in [-0.3, -0.25) is 14.9 Å². The number of anilines is 1. The molecule has 0 saturated carbocycles. The summed E-state index contributed by atoms with van der Waals surface area (Å²) in [6.45, 7) is 0.175. The number of methoxy groups -OCH3 is 1. The Balaban J connectivity index is 1.41. The monoisotopic (exact) mass is 408 g/mol. The number of benzene rings is 2. The van der Waals surface area contributed by atoms with Gasteiger partial charge in [0.2, 0.25) is 0 Å². The maximum atomic E-state index is 12.5. The third-order valence-corrected chi connectivity index (χ3v) is 4.99. The molecule has 1 aromatic heterocycles. The molecule has 30 heavy (non-hydrogen) atoms. The Hall–Kier alpha value is -3.81. The SMILES string of the molecule is COc1ccc(NC(=O)c2ccc(COc3ccc4c(c3)CCC4)o2)c([N+](=O)[O-])c1. The molecule has 4 rings (SSSR count). The Kier molecular flexibility index (Phi) is 5.38. The molecule has 3 aromatic rings.